The second-order valence-corrected chi connectivity index (χ2v) is 11.1. The van der Waals surface area contributed by atoms with Gasteiger partial charge in [0.2, 0.25) is 0 Å². The second-order valence-electron chi connectivity index (χ2n) is 9.98. The van der Waals surface area contributed by atoms with E-state index in [1.165, 1.54) is 23.3 Å². The number of aromatic nitrogens is 1. The summed E-state index contributed by atoms with van der Waals surface area (Å²) in [6.45, 7) is 6.85. The molecule has 1 atom stereocenters. The number of furan rings is 1. The van der Waals surface area contributed by atoms with Crippen LogP contribution >= 0.6 is 11.3 Å². The number of nitrogens with one attached hydrogen (secondary N) is 1. The highest BCUT2D eigenvalue weighted by atomic mass is 32.1. The normalized spacial score (nSPS) is 15.5. The van der Waals surface area contributed by atoms with Crippen LogP contribution < -0.4 is 5.32 Å². The summed E-state index contributed by atoms with van der Waals surface area (Å²) >= 11 is 1.50. The first-order valence-corrected chi connectivity index (χ1v) is 13.1. The highest BCUT2D eigenvalue weighted by Crippen LogP contribution is 2.46. The van der Waals surface area contributed by atoms with Crippen molar-refractivity contribution in [2.45, 2.75) is 46.5 Å². The fourth-order valence-corrected chi connectivity index (χ4v) is 6.34. The number of para-hydroxylation sites is 1. The van der Waals surface area contributed by atoms with Gasteiger partial charge in [0.05, 0.1) is 30.0 Å². The first kappa shape index (κ1) is 24.3. The first-order valence-electron chi connectivity index (χ1n) is 12.3. The molecule has 1 aliphatic carbocycles. The van der Waals surface area contributed by atoms with E-state index < -0.39 is 5.97 Å². The largest absolute Gasteiger partial charge is 0.465 e. The number of carbonyl (C=O) groups is 2. The van der Waals surface area contributed by atoms with Gasteiger partial charge < -0.3 is 14.5 Å². The highest BCUT2D eigenvalue weighted by Gasteiger charge is 2.35. The summed E-state index contributed by atoms with van der Waals surface area (Å²) in [5.41, 5.74) is 3.46. The molecule has 0 fully saturated rings. The van der Waals surface area contributed by atoms with Crippen molar-refractivity contribution in [3.63, 3.8) is 0 Å². The lowest BCUT2D eigenvalue weighted by atomic mass is 9.69. The van der Waals surface area contributed by atoms with Crippen molar-refractivity contribution in [2.24, 2.45) is 11.3 Å². The Kier molecular flexibility index (Phi) is 6.43. The number of benzene rings is 1. The van der Waals surface area contributed by atoms with Crippen LogP contribution in [0.1, 0.15) is 64.8 Å². The van der Waals surface area contributed by atoms with Crippen LogP contribution in [-0.2, 0) is 17.6 Å². The third-order valence-corrected chi connectivity index (χ3v) is 8.80. The minimum Gasteiger partial charge on any atom is -0.465 e. The summed E-state index contributed by atoms with van der Waals surface area (Å²) in [7, 11) is 1.38. The van der Waals surface area contributed by atoms with Crippen molar-refractivity contribution in [3.05, 3.63) is 70.3 Å². The van der Waals surface area contributed by atoms with E-state index in [2.05, 4.69) is 31.1 Å². The molecular weight excluding hydrogens is 472 g/mol. The predicted molar refractivity (Wildman–Crippen MR) is 143 cm³/mol. The molecular formula is C29H30N2O4S. The molecule has 1 aliphatic rings. The van der Waals surface area contributed by atoms with E-state index in [1.807, 2.05) is 30.3 Å². The van der Waals surface area contributed by atoms with E-state index in [0.29, 0.717) is 39.0 Å². The number of fused-ring (bicyclic) bond motifs is 2. The zero-order valence-corrected chi connectivity index (χ0v) is 21.8. The van der Waals surface area contributed by atoms with Crippen LogP contribution in [-0.4, -0.2) is 24.0 Å². The molecule has 6 nitrogen and oxygen atoms in total. The SMILES string of the molecule is CCC(C)(C)[C@@H]1CCc2c(sc(NC(=O)c3cc(-c4ccco4)nc4ccccc34)c2C(=O)OC)C1. The van der Waals surface area contributed by atoms with Gasteiger partial charge in [-0.05, 0) is 60.4 Å². The fraction of sp³-hybridized carbons (Fsp3) is 0.345. The number of hydrogen-bond donors (Lipinski definition) is 1. The van der Waals surface area contributed by atoms with Crippen LogP contribution in [0.5, 0.6) is 0 Å². The van der Waals surface area contributed by atoms with E-state index in [1.54, 1.807) is 18.4 Å². The van der Waals surface area contributed by atoms with Crippen LogP contribution in [0.2, 0.25) is 0 Å². The van der Waals surface area contributed by atoms with Crippen molar-refractivity contribution >= 4 is 39.1 Å². The van der Waals surface area contributed by atoms with Crippen molar-refractivity contribution < 1.29 is 18.7 Å². The summed E-state index contributed by atoms with van der Waals surface area (Å²) in [5.74, 6) is 0.409. The Hall–Kier alpha value is -3.45. The molecule has 3 aromatic heterocycles. The van der Waals surface area contributed by atoms with Crippen molar-refractivity contribution in [1.29, 1.82) is 0 Å². The molecule has 0 saturated heterocycles. The van der Waals surface area contributed by atoms with Crippen molar-refractivity contribution in [2.75, 3.05) is 12.4 Å². The predicted octanol–water partition coefficient (Wildman–Crippen LogP) is 7.14. The lowest BCUT2D eigenvalue weighted by Gasteiger charge is -2.36. The van der Waals surface area contributed by atoms with Gasteiger partial charge in [0.25, 0.3) is 5.91 Å². The molecule has 0 spiro atoms. The average Bonchev–Trinajstić information content (AvgIpc) is 3.55. The molecule has 36 heavy (non-hydrogen) atoms. The number of hydrogen-bond acceptors (Lipinski definition) is 6. The van der Waals surface area contributed by atoms with Gasteiger partial charge in [-0.1, -0.05) is 45.4 Å². The lowest BCUT2D eigenvalue weighted by molar-refractivity contribution is 0.0600. The number of ether oxygens (including phenoxy) is 1. The van der Waals surface area contributed by atoms with Gasteiger partial charge in [-0.15, -0.1) is 11.3 Å². The molecule has 1 amide bonds. The molecule has 4 aromatic rings. The fourth-order valence-electron chi connectivity index (χ4n) is 5.03. The van der Waals surface area contributed by atoms with Gasteiger partial charge in [0.15, 0.2) is 5.76 Å². The minimum absolute atomic E-state index is 0.217. The molecule has 5 rings (SSSR count). The number of amides is 1. The van der Waals surface area contributed by atoms with Crippen molar-refractivity contribution in [1.82, 2.24) is 4.98 Å². The van der Waals surface area contributed by atoms with Crippen LogP contribution in [0.3, 0.4) is 0 Å². The maximum absolute atomic E-state index is 13.7. The van der Waals surface area contributed by atoms with Crippen LogP contribution in [0, 0.1) is 11.3 Å². The first-order chi connectivity index (χ1) is 17.3. The number of carbonyl (C=O) groups excluding carboxylic acids is 2. The number of esters is 1. The van der Waals surface area contributed by atoms with E-state index in [0.717, 1.165) is 36.6 Å². The van der Waals surface area contributed by atoms with Gasteiger partial charge in [-0.3, -0.25) is 4.79 Å². The standard InChI is InChI=1S/C29H30N2O4S/c1-5-29(2,3)17-12-13-19-24(15-17)36-27(25(19)28(33)34-4)31-26(32)20-16-22(23-11-8-14-35-23)30-21-10-7-6-9-18(20)21/h6-11,14,16-17H,5,12-13,15H2,1-4H3,(H,31,32)/t17-/m1/s1. The summed E-state index contributed by atoms with van der Waals surface area (Å²) in [5, 5.41) is 4.33. The Morgan fingerprint density at radius 1 is 1.22 bits per heavy atom. The van der Waals surface area contributed by atoms with Crippen LogP contribution in [0.4, 0.5) is 5.00 Å². The van der Waals surface area contributed by atoms with Crippen molar-refractivity contribution in [3.8, 4) is 11.5 Å². The van der Waals surface area contributed by atoms with E-state index in [4.69, 9.17) is 9.15 Å². The second kappa shape index (κ2) is 9.54. The smallest absolute Gasteiger partial charge is 0.341 e. The summed E-state index contributed by atoms with van der Waals surface area (Å²) in [6, 6.07) is 12.9. The van der Waals surface area contributed by atoms with E-state index in [-0.39, 0.29) is 11.3 Å². The monoisotopic (exact) mass is 502 g/mol. The molecule has 1 N–H and O–H groups in total. The maximum Gasteiger partial charge on any atom is 0.341 e. The molecule has 3 heterocycles. The number of anilines is 1. The number of rotatable bonds is 6. The van der Waals surface area contributed by atoms with Gasteiger partial charge in [-0.25, -0.2) is 9.78 Å². The number of thiophene rings is 1. The Morgan fingerprint density at radius 3 is 2.75 bits per heavy atom. The van der Waals surface area contributed by atoms with Gasteiger partial charge in [0, 0.05) is 10.3 Å². The quantitative estimate of drug-likeness (QED) is 0.284. The third kappa shape index (κ3) is 4.32. The minimum atomic E-state index is -0.410. The Balaban J connectivity index is 1.54. The molecule has 0 unspecified atom stereocenters. The number of methoxy groups -OCH3 is 1. The van der Waals surface area contributed by atoms with Gasteiger partial charge in [-0.2, -0.15) is 0 Å². The Bertz CT molecular complexity index is 1440. The summed E-state index contributed by atoms with van der Waals surface area (Å²) < 4.78 is 10.7. The zero-order valence-electron chi connectivity index (χ0n) is 21.0. The zero-order chi connectivity index (χ0) is 25.4. The van der Waals surface area contributed by atoms with E-state index in [9.17, 15) is 9.59 Å². The summed E-state index contributed by atoms with van der Waals surface area (Å²) in [6.07, 6.45) is 5.41. The Labute approximate surface area is 214 Å². The van der Waals surface area contributed by atoms with Crippen LogP contribution in [0.15, 0.2) is 53.1 Å². The van der Waals surface area contributed by atoms with Gasteiger partial charge in [0.1, 0.15) is 10.7 Å². The molecule has 0 saturated carbocycles. The third-order valence-electron chi connectivity index (χ3n) is 7.63. The molecule has 0 aliphatic heterocycles. The molecule has 0 bridgehead atoms. The van der Waals surface area contributed by atoms with Gasteiger partial charge >= 0.3 is 5.97 Å². The topological polar surface area (TPSA) is 81.4 Å². The number of pyridine rings is 1. The average molecular weight is 503 g/mol. The molecule has 7 heteroatoms. The molecule has 0 radical (unpaired) electrons. The Morgan fingerprint density at radius 2 is 2.03 bits per heavy atom. The van der Waals surface area contributed by atoms with Crippen LogP contribution in [0.25, 0.3) is 22.4 Å². The maximum atomic E-state index is 13.7. The number of nitrogens with zero attached hydrogens (tertiary/aromatic N) is 1. The molecule has 1 aromatic carbocycles. The highest BCUT2D eigenvalue weighted by molar-refractivity contribution is 7.17. The summed E-state index contributed by atoms with van der Waals surface area (Å²) in [4.78, 5) is 32.4. The van der Waals surface area contributed by atoms with E-state index >= 15 is 0 Å². The lowest BCUT2D eigenvalue weighted by Crippen LogP contribution is -2.28. The molecule has 186 valence electrons.